The Kier molecular flexibility index (Phi) is 8.71. The molecule has 0 aliphatic carbocycles. The van der Waals surface area contributed by atoms with Crippen molar-refractivity contribution in [3.05, 3.63) is 64.6 Å². The van der Waals surface area contributed by atoms with Gasteiger partial charge in [-0.15, -0.1) is 0 Å². The van der Waals surface area contributed by atoms with E-state index in [0.29, 0.717) is 36.0 Å². The molecule has 218 valence electrons. The highest BCUT2D eigenvalue weighted by Crippen LogP contribution is 2.35. The highest BCUT2D eigenvalue weighted by molar-refractivity contribution is 7.89. The second-order valence-corrected chi connectivity index (χ2v) is 12.1. The maximum Gasteiger partial charge on any atom is 0.244 e. The average molecular weight is 606 g/mol. The molecule has 41 heavy (non-hydrogen) atoms. The molecule has 0 saturated carbocycles. The molecule has 1 saturated heterocycles. The van der Waals surface area contributed by atoms with E-state index in [1.165, 1.54) is 31.5 Å². The molecule has 1 amide bonds. The Balaban J connectivity index is 1.32. The van der Waals surface area contributed by atoms with Gasteiger partial charge in [-0.1, -0.05) is 23.7 Å². The van der Waals surface area contributed by atoms with Crippen LogP contribution in [0.15, 0.2) is 47.5 Å². The van der Waals surface area contributed by atoms with Crippen LogP contribution in [0.1, 0.15) is 30.0 Å². The van der Waals surface area contributed by atoms with Crippen LogP contribution in [0.2, 0.25) is 5.02 Å². The maximum atomic E-state index is 14.0. The normalized spacial score (nSPS) is 17.6. The van der Waals surface area contributed by atoms with E-state index >= 15 is 0 Å². The molecule has 2 aliphatic heterocycles. The first-order chi connectivity index (χ1) is 19.7. The van der Waals surface area contributed by atoms with Gasteiger partial charge in [0.2, 0.25) is 21.9 Å². The fourth-order valence-electron chi connectivity index (χ4n) is 4.83. The monoisotopic (exact) mass is 605 g/mol. The number of carbonyl (C=O) groups is 1. The Morgan fingerprint density at radius 2 is 2.05 bits per heavy atom. The van der Waals surface area contributed by atoms with Crippen LogP contribution in [0, 0.1) is 5.82 Å². The highest BCUT2D eigenvalue weighted by atomic mass is 35.5. The van der Waals surface area contributed by atoms with Gasteiger partial charge in [-0.05, 0) is 42.2 Å². The fourth-order valence-corrected chi connectivity index (χ4v) is 6.64. The summed E-state index contributed by atoms with van der Waals surface area (Å²) in [6.07, 6.45) is 3.10. The van der Waals surface area contributed by atoms with Crippen molar-refractivity contribution in [2.45, 2.75) is 36.4 Å². The van der Waals surface area contributed by atoms with Crippen molar-refractivity contribution < 1.29 is 32.2 Å². The van der Waals surface area contributed by atoms with E-state index in [2.05, 4.69) is 20.6 Å². The fraction of sp³-hybridized carbons (Fsp3) is 0.370. The molecule has 2 aromatic carbocycles. The van der Waals surface area contributed by atoms with Gasteiger partial charge >= 0.3 is 0 Å². The second-order valence-electron chi connectivity index (χ2n) is 9.74. The molecule has 1 aromatic heterocycles. The van der Waals surface area contributed by atoms with E-state index in [1.807, 2.05) is 0 Å². The number of nitrogens with zero attached hydrogens (tertiary/aromatic N) is 3. The number of ether oxygens (including phenoxy) is 2. The zero-order valence-electron chi connectivity index (χ0n) is 22.1. The molecule has 3 heterocycles. The third-order valence-corrected chi connectivity index (χ3v) is 9.12. The SMILES string of the molecule is COc1cc(F)cc([C@@H](CO)NC(=O)CN2Cc3ccc(-c4nc(NC5CCOCC5)ncc4Cl)cc3S2(=O)=O)c1. The Bertz CT molecular complexity index is 1550. The maximum absolute atomic E-state index is 14.0. The van der Waals surface area contributed by atoms with E-state index in [9.17, 15) is 22.7 Å². The van der Waals surface area contributed by atoms with Crippen LogP contribution < -0.4 is 15.4 Å². The van der Waals surface area contributed by atoms with Crippen LogP contribution in [-0.2, 0) is 26.1 Å². The lowest BCUT2D eigenvalue weighted by Gasteiger charge is -2.23. The molecular weight excluding hydrogens is 577 g/mol. The molecule has 2 aliphatic rings. The van der Waals surface area contributed by atoms with Gasteiger partial charge in [0.05, 0.1) is 48.1 Å². The largest absolute Gasteiger partial charge is 0.497 e. The number of methoxy groups -OCH3 is 1. The zero-order valence-corrected chi connectivity index (χ0v) is 23.7. The number of anilines is 1. The lowest BCUT2D eigenvalue weighted by molar-refractivity contribution is -0.122. The van der Waals surface area contributed by atoms with E-state index in [1.54, 1.807) is 12.1 Å². The quantitative estimate of drug-likeness (QED) is 0.335. The van der Waals surface area contributed by atoms with Gasteiger partial charge in [0.15, 0.2) is 0 Å². The molecule has 1 fully saturated rings. The Morgan fingerprint density at radius 1 is 1.27 bits per heavy atom. The van der Waals surface area contributed by atoms with Gasteiger partial charge in [0, 0.05) is 37.4 Å². The number of sulfonamides is 1. The van der Waals surface area contributed by atoms with Gasteiger partial charge < -0.3 is 25.2 Å². The van der Waals surface area contributed by atoms with Crippen LogP contribution in [0.5, 0.6) is 5.75 Å². The smallest absolute Gasteiger partial charge is 0.244 e. The van der Waals surface area contributed by atoms with Crippen molar-refractivity contribution in [1.29, 1.82) is 0 Å². The van der Waals surface area contributed by atoms with Gasteiger partial charge in [0.1, 0.15) is 11.6 Å². The molecule has 11 nitrogen and oxygen atoms in total. The lowest BCUT2D eigenvalue weighted by atomic mass is 10.1. The van der Waals surface area contributed by atoms with Gasteiger partial charge in [0.25, 0.3) is 0 Å². The number of hydrogen-bond donors (Lipinski definition) is 3. The van der Waals surface area contributed by atoms with Crippen LogP contribution in [0.4, 0.5) is 10.3 Å². The first-order valence-corrected chi connectivity index (χ1v) is 14.7. The van der Waals surface area contributed by atoms with E-state index in [4.69, 9.17) is 21.1 Å². The summed E-state index contributed by atoms with van der Waals surface area (Å²) >= 11 is 6.40. The van der Waals surface area contributed by atoms with Crippen LogP contribution in [0.25, 0.3) is 11.3 Å². The predicted molar refractivity (Wildman–Crippen MR) is 148 cm³/mol. The number of amides is 1. The van der Waals surface area contributed by atoms with E-state index < -0.39 is 40.9 Å². The van der Waals surface area contributed by atoms with E-state index in [-0.39, 0.29) is 33.8 Å². The molecule has 3 aromatic rings. The standard InChI is InChI=1S/C27H29ClFN5O6S/c1-39-21-9-18(8-19(29)11-21)23(15-35)32-25(36)14-34-13-17-3-2-16(10-24(17)41(34,37)38)26-22(28)12-30-27(33-26)31-20-4-6-40-7-5-20/h2-3,8-12,20,23,35H,4-7,13-15H2,1H3,(H,32,36)(H,30,31,33)/t23-/m1/s1. The molecule has 0 unspecified atom stereocenters. The summed E-state index contributed by atoms with van der Waals surface area (Å²) in [5, 5.41) is 15.9. The number of aliphatic hydroxyl groups is 1. The van der Waals surface area contributed by atoms with Gasteiger partial charge in [-0.2, -0.15) is 4.31 Å². The molecule has 0 spiro atoms. The first kappa shape index (κ1) is 29.1. The minimum atomic E-state index is -4.03. The summed E-state index contributed by atoms with van der Waals surface area (Å²) < 4.78 is 52.2. The number of hydrogen-bond acceptors (Lipinski definition) is 9. The van der Waals surface area contributed by atoms with Gasteiger partial charge in [-0.3, -0.25) is 4.79 Å². The molecule has 1 atom stereocenters. The number of halogens is 2. The third kappa shape index (κ3) is 6.44. The molecule has 5 rings (SSSR count). The topological polar surface area (TPSA) is 143 Å². The molecule has 14 heteroatoms. The number of aromatic nitrogens is 2. The minimum absolute atomic E-state index is 0.0169. The highest BCUT2D eigenvalue weighted by Gasteiger charge is 2.36. The Morgan fingerprint density at radius 3 is 2.78 bits per heavy atom. The van der Waals surface area contributed by atoms with Crippen molar-refractivity contribution in [2.24, 2.45) is 0 Å². The number of rotatable bonds is 9. The molecule has 0 radical (unpaired) electrons. The zero-order chi connectivity index (χ0) is 29.1. The van der Waals surface area contributed by atoms with Crippen molar-refractivity contribution in [1.82, 2.24) is 19.6 Å². The second kappa shape index (κ2) is 12.2. The summed E-state index contributed by atoms with van der Waals surface area (Å²) in [7, 11) is -2.66. The number of carbonyl (C=O) groups excluding carboxylic acids is 1. The number of benzene rings is 2. The average Bonchev–Trinajstić information content (AvgIpc) is 3.21. The summed E-state index contributed by atoms with van der Waals surface area (Å²) in [5.74, 6) is -0.661. The summed E-state index contributed by atoms with van der Waals surface area (Å²) in [6, 6.07) is 7.89. The summed E-state index contributed by atoms with van der Waals surface area (Å²) in [4.78, 5) is 21.7. The van der Waals surface area contributed by atoms with E-state index in [0.717, 1.165) is 23.2 Å². The molecular formula is C27H29ClFN5O6S. The van der Waals surface area contributed by atoms with Gasteiger partial charge in [-0.25, -0.2) is 22.8 Å². The Hall–Kier alpha value is -3.36. The van der Waals surface area contributed by atoms with Crippen molar-refractivity contribution >= 4 is 33.5 Å². The Labute approximate surface area is 241 Å². The van der Waals surface area contributed by atoms with Crippen LogP contribution >= 0.6 is 11.6 Å². The third-order valence-electron chi connectivity index (χ3n) is 6.97. The first-order valence-electron chi connectivity index (χ1n) is 12.9. The number of fused-ring (bicyclic) bond motifs is 1. The van der Waals surface area contributed by atoms with Crippen molar-refractivity contribution in [3.8, 4) is 17.0 Å². The minimum Gasteiger partial charge on any atom is -0.497 e. The summed E-state index contributed by atoms with van der Waals surface area (Å²) in [6.45, 7) is 0.255. The number of aliphatic hydroxyl groups excluding tert-OH is 1. The molecule has 0 bridgehead atoms. The van der Waals surface area contributed by atoms with Crippen LogP contribution in [0.3, 0.4) is 0 Å². The molecule has 3 N–H and O–H groups in total. The summed E-state index contributed by atoms with van der Waals surface area (Å²) in [5.41, 5.74) is 1.66. The number of nitrogens with one attached hydrogen (secondary N) is 2. The van der Waals surface area contributed by atoms with Crippen LogP contribution in [-0.4, -0.2) is 73.2 Å². The lowest BCUT2D eigenvalue weighted by Crippen LogP contribution is -2.40. The van der Waals surface area contributed by atoms with Crippen molar-refractivity contribution in [2.75, 3.05) is 38.8 Å². The predicted octanol–water partition coefficient (Wildman–Crippen LogP) is 2.89. The van der Waals surface area contributed by atoms with Crippen molar-refractivity contribution in [3.63, 3.8) is 0 Å².